The van der Waals surface area contributed by atoms with E-state index in [0.29, 0.717) is 16.9 Å². The Kier molecular flexibility index (Phi) is 4.16. The summed E-state index contributed by atoms with van der Waals surface area (Å²) in [6.45, 7) is 0. The Balaban J connectivity index is 2.07. The highest BCUT2D eigenvalue weighted by atomic mass is 16.6. The monoisotopic (exact) mass is 322 g/mol. The highest BCUT2D eigenvalue weighted by molar-refractivity contribution is 6.53. The molecule has 0 aliphatic carbocycles. The van der Waals surface area contributed by atoms with E-state index in [1.807, 2.05) is 0 Å². The summed E-state index contributed by atoms with van der Waals surface area (Å²) in [6, 6.07) is 15.5. The molecule has 2 aromatic rings. The number of hydrogen-bond acceptors (Lipinski definition) is 5. The number of cyclic esters (lactones) is 1. The highest BCUT2D eigenvalue weighted by Gasteiger charge is 2.34. The molecule has 5 nitrogen and oxygen atoms in total. The fourth-order valence-corrected chi connectivity index (χ4v) is 2.35. The molecule has 0 fully saturated rings. The zero-order chi connectivity index (χ0) is 17.1. The third-order valence-electron chi connectivity index (χ3n) is 3.56. The number of hydrogen-bond donors (Lipinski definition) is 1. The first-order chi connectivity index (χ1) is 11.6. The molecule has 1 heterocycles. The lowest BCUT2D eigenvalue weighted by Gasteiger charge is -2.17. The number of rotatable bonds is 3. The molecule has 1 aliphatic rings. The molecule has 0 aromatic heterocycles. The van der Waals surface area contributed by atoms with Crippen LogP contribution in [0.1, 0.15) is 11.1 Å². The van der Waals surface area contributed by atoms with Crippen molar-refractivity contribution in [1.29, 1.82) is 0 Å². The van der Waals surface area contributed by atoms with E-state index in [9.17, 15) is 14.7 Å². The number of esters is 1. The molecule has 24 heavy (non-hydrogen) atoms. The molecule has 1 aliphatic heterocycles. The predicted molar refractivity (Wildman–Crippen MR) is 88.1 cm³/mol. The molecule has 2 aromatic carbocycles. The molecule has 0 saturated heterocycles. The first kappa shape index (κ1) is 15.6. The van der Waals surface area contributed by atoms with E-state index < -0.39 is 11.8 Å². The fraction of sp³-hybridized carbons (Fsp3) is 0.0526. The number of Topliss-reactive ketones (excluding diaryl/α,β-unsaturated/α-hetero) is 1. The van der Waals surface area contributed by atoms with Crippen molar-refractivity contribution in [3.8, 4) is 5.75 Å². The van der Waals surface area contributed by atoms with E-state index in [1.165, 1.54) is 6.08 Å². The van der Waals surface area contributed by atoms with Crippen molar-refractivity contribution in [3.05, 3.63) is 77.2 Å². The van der Waals surface area contributed by atoms with Gasteiger partial charge in [-0.15, -0.1) is 0 Å². The Morgan fingerprint density at radius 2 is 1.67 bits per heavy atom. The van der Waals surface area contributed by atoms with E-state index in [0.717, 1.165) is 0 Å². The summed E-state index contributed by atoms with van der Waals surface area (Å²) in [6.07, 6.45) is 1.49. The van der Waals surface area contributed by atoms with Crippen LogP contribution >= 0.6 is 0 Å². The molecule has 0 unspecified atom stereocenters. The summed E-state index contributed by atoms with van der Waals surface area (Å²) in [7, 11) is 1.56. The number of benzene rings is 2. The van der Waals surface area contributed by atoms with Gasteiger partial charge in [-0.2, -0.15) is 0 Å². The summed E-state index contributed by atoms with van der Waals surface area (Å²) >= 11 is 0. The normalized spacial score (nSPS) is 16.3. The SMILES string of the molecule is COc1ccc(/C=C2\OC(=O)C(=O)C(c3ccccc3)=C2O)cc1. The van der Waals surface area contributed by atoms with Gasteiger partial charge in [0.05, 0.1) is 12.7 Å². The van der Waals surface area contributed by atoms with Gasteiger partial charge in [0.25, 0.3) is 5.78 Å². The van der Waals surface area contributed by atoms with Crippen molar-refractivity contribution < 1.29 is 24.2 Å². The van der Waals surface area contributed by atoms with Gasteiger partial charge in [-0.25, -0.2) is 4.79 Å². The van der Waals surface area contributed by atoms with Gasteiger partial charge in [-0.3, -0.25) is 4.79 Å². The number of aliphatic hydroxyl groups is 1. The van der Waals surface area contributed by atoms with Crippen LogP contribution in [0.2, 0.25) is 0 Å². The van der Waals surface area contributed by atoms with Crippen LogP contribution in [0.15, 0.2) is 66.1 Å². The van der Waals surface area contributed by atoms with Crippen LogP contribution in [-0.2, 0) is 14.3 Å². The van der Waals surface area contributed by atoms with Crippen molar-refractivity contribution in [3.63, 3.8) is 0 Å². The second-order valence-electron chi connectivity index (χ2n) is 5.09. The van der Waals surface area contributed by atoms with Gasteiger partial charge in [-0.1, -0.05) is 42.5 Å². The summed E-state index contributed by atoms with van der Waals surface area (Å²) in [4.78, 5) is 23.9. The summed E-state index contributed by atoms with van der Waals surface area (Å²) in [5.74, 6) is -1.64. The van der Waals surface area contributed by atoms with E-state index in [-0.39, 0.29) is 17.1 Å². The molecule has 0 amide bonds. The highest BCUT2D eigenvalue weighted by Crippen LogP contribution is 2.30. The van der Waals surface area contributed by atoms with Crippen LogP contribution < -0.4 is 4.74 Å². The zero-order valence-corrected chi connectivity index (χ0v) is 12.9. The quantitative estimate of drug-likeness (QED) is 0.694. The number of carbonyl (C=O) groups is 2. The van der Waals surface area contributed by atoms with Gasteiger partial charge in [-0.05, 0) is 29.3 Å². The van der Waals surface area contributed by atoms with Gasteiger partial charge in [0.2, 0.25) is 0 Å². The maximum atomic E-state index is 12.1. The number of aliphatic hydroxyl groups excluding tert-OH is 1. The fourth-order valence-electron chi connectivity index (χ4n) is 2.35. The van der Waals surface area contributed by atoms with Gasteiger partial charge >= 0.3 is 5.97 Å². The van der Waals surface area contributed by atoms with Crippen molar-refractivity contribution >= 4 is 23.4 Å². The zero-order valence-electron chi connectivity index (χ0n) is 12.9. The maximum absolute atomic E-state index is 12.1. The molecule has 0 atom stereocenters. The lowest BCUT2D eigenvalue weighted by Crippen LogP contribution is -2.25. The first-order valence-electron chi connectivity index (χ1n) is 7.21. The second-order valence-corrected chi connectivity index (χ2v) is 5.09. The van der Waals surface area contributed by atoms with Crippen molar-refractivity contribution in [2.45, 2.75) is 0 Å². The Bertz CT molecular complexity index is 845. The number of carbonyl (C=O) groups excluding carboxylic acids is 2. The summed E-state index contributed by atoms with van der Waals surface area (Å²) < 4.78 is 10.0. The van der Waals surface area contributed by atoms with Gasteiger partial charge in [0.15, 0.2) is 11.5 Å². The lowest BCUT2D eigenvalue weighted by molar-refractivity contribution is -0.149. The molecule has 3 rings (SSSR count). The Morgan fingerprint density at radius 3 is 2.29 bits per heavy atom. The maximum Gasteiger partial charge on any atom is 0.385 e. The molecule has 5 heteroatoms. The smallest absolute Gasteiger partial charge is 0.385 e. The summed E-state index contributed by atoms with van der Waals surface area (Å²) in [5.41, 5.74) is 1.08. The Hall–Kier alpha value is -3.34. The van der Waals surface area contributed by atoms with Crippen molar-refractivity contribution in [2.75, 3.05) is 7.11 Å². The average Bonchev–Trinajstić information content (AvgIpc) is 2.61. The van der Waals surface area contributed by atoms with E-state index in [4.69, 9.17) is 9.47 Å². The number of ketones is 1. The molecule has 0 radical (unpaired) electrons. The molecule has 0 saturated carbocycles. The minimum Gasteiger partial charge on any atom is -0.504 e. The first-order valence-corrected chi connectivity index (χ1v) is 7.21. The topological polar surface area (TPSA) is 72.8 Å². The van der Waals surface area contributed by atoms with E-state index in [1.54, 1.807) is 61.7 Å². The molecule has 1 N–H and O–H groups in total. The third kappa shape index (κ3) is 2.92. The van der Waals surface area contributed by atoms with Crippen LogP contribution in [0.25, 0.3) is 11.6 Å². The number of ether oxygens (including phenoxy) is 2. The lowest BCUT2D eigenvalue weighted by atomic mass is 9.97. The summed E-state index contributed by atoms with van der Waals surface area (Å²) in [5, 5.41) is 10.4. The van der Waals surface area contributed by atoms with Gasteiger partial charge in [0, 0.05) is 0 Å². The predicted octanol–water partition coefficient (Wildman–Crippen LogP) is 3.13. The van der Waals surface area contributed by atoms with Crippen LogP contribution in [0.4, 0.5) is 0 Å². The Morgan fingerprint density at radius 1 is 1.00 bits per heavy atom. The largest absolute Gasteiger partial charge is 0.504 e. The molecule has 0 spiro atoms. The second kappa shape index (κ2) is 6.42. The molecular formula is C19H14O5. The molecule has 120 valence electrons. The van der Waals surface area contributed by atoms with E-state index in [2.05, 4.69) is 0 Å². The average molecular weight is 322 g/mol. The van der Waals surface area contributed by atoms with Gasteiger partial charge < -0.3 is 14.6 Å². The van der Waals surface area contributed by atoms with Crippen LogP contribution in [0.3, 0.4) is 0 Å². The van der Waals surface area contributed by atoms with Crippen LogP contribution in [-0.4, -0.2) is 24.0 Å². The van der Waals surface area contributed by atoms with Crippen LogP contribution in [0, 0.1) is 0 Å². The van der Waals surface area contributed by atoms with Crippen LogP contribution in [0.5, 0.6) is 5.75 Å². The van der Waals surface area contributed by atoms with Crippen molar-refractivity contribution in [1.82, 2.24) is 0 Å². The minimum absolute atomic E-state index is 0.0633. The minimum atomic E-state index is -1.02. The Labute approximate surface area is 138 Å². The third-order valence-corrected chi connectivity index (χ3v) is 3.56. The standard InChI is InChI=1S/C19H14O5/c1-23-14-9-7-12(8-10-14)11-15-17(20)16(18(21)19(22)24-15)13-5-3-2-4-6-13/h2-11,20H,1H3/b15-11-. The number of methoxy groups -OCH3 is 1. The molecular weight excluding hydrogens is 308 g/mol. The van der Waals surface area contributed by atoms with Crippen molar-refractivity contribution in [2.24, 2.45) is 0 Å². The van der Waals surface area contributed by atoms with E-state index >= 15 is 0 Å². The van der Waals surface area contributed by atoms with Gasteiger partial charge in [0.1, 0.15) is 5.75 Å². The molecule has 0 bridgehead atoms.